The third kappa shape index (κ3) is 2.83. The van der Waals surface area contributed by atoms with E-state index in [1.807, 2.05) is 31.2 Å². The normalized spacial score (nSPS) is 11.0. The van der Waals surface area contributed by atoms with E-state index in [1.54, 1.807) is 12.1 Å². The molecular formula is C16H13BrN2O2. The van der Waals surface area contributed by atoms with E-state index in [4.69, 9.17) is 0 Å². The number of aryl methyl sites for hydroxylation is 1. The smallest absolute Gasteiger partial charge is 0.306 e. The van der Waals surface area contributed by atoms with Crippen molar-refractivity contribution < 1.29 is 4.79 Å². The molecule has 0 unspecified atom stereocenters. The van der Waals surface area contributed by atoms with E-state index >= 15 is 0 Å². The van der Waals surface area contributed by atoms with Gasteiger partial charge in [-0.05, 0) is 40.5 Å². The van der Waals surface area contributed by atoms with Crippen LogP contribution in [0.5, 0.6) is 0 Å². The predicted octanol–water partition coefficient (Wildman–Crippen LogP) is 3.35. The number of aromatic amines is 2. The van der Waals surface area contributed by atoms with Crippen LogP contribution < -0.4 is 5.69 Å². The molecule has 5 heteroatoms. The predicted molar refractivity (Wildman–Crippen MR) is 85.8 cm³/mol. The maximum Gasteiger partial charge on any atom is 0.323 e. The number of ketones is 1. The molecule has 0 bridgehead atoms. The molecule has 3 rings (SSSR count). The van der Waals surface area contributed by atoms with Crippen LogP contribution in [0.15, 0.2) is 45.7 Å². The SMILES string of the molecule is Cc1ccc(CC(=O)c2cc3[nH]c(=O)[nH]c3cc2Br)cc1. The monoisotopic (exact) mass is 344 g/mol. The van der Waals surface area contributed by atoms with Gasteiger partial charge in [0.05, 0.1) is 11.0 Å². The first-order valence-electron chi connectivity index (χ1n) is 6.53. The topological polar surface area (TPSA) is 65.7 Å². The Balaban J connectivity index is 1.95. The van der Waals surface area contributed by atoms with Gasteiger partial charge in [0.25, 0.3) is 0 Å². The molecule has 0 fully saturated rings. The van der Waals surface area contributed by atoms with E-state index in [-0.39, 0.29) is 11.5 Å². The minimum Gasteiger partial charge on any atom is -0.306 e. The lowest BCUT2D eigenvalue weighted by molar-refractivity contribution is 0.0992. The Morgan fingerprint density at radius 1 is 1.10 bits per heavy atom. The maximum atomic E-state index is 12.4. The van der Waals surface area contributed by atoms with Gasteiger partial charge in [-0.25, -0.2) is 4.79 Å². The summed E-state index contributed by atoms with van der Waals surface area (Å²) >= 11 is 3.40. The average molecular weight is 345 g/mol. The highest BCUT2D eigenvalue weighted by molar-refractivity contribution is 9.10. The van der Waals surface area contributed by atoms with E-state index < -0.39 is 0 Å². The number of aromatic nitrogens is 2. The fourth-order valence-electron chi connectivity index (χ4n) is 2.26. The third-order valence-corrected chi connectivity index (χ3v) is 4.05. The molecule has 0 aliphatic rings. The quantitative estimate of drug-likeness (QED) is 0.715. The highest BCUT2D eigenvalue weighted by Gasteiger charge is 2.13. The second kappa shape index (κ2) is 5.33. The van der Waals surface area contributed by atoms with Crippen molar-refractivity contribution in [2.75, 3.05) is 0 Å². The zero-order valence-electron chi connectivity index (χ0n) is 11.4. The van der Waals surface area contributed by atoms with Crippen molar-refractivity contribution in [2.45, 2.75) is 13.3 Å². The summed E-state index contributed by atoms with van der Waals surface area (Å²) in [4.78, 5) is 29.1. The number of halogens is 1. The van der Waals surface area contributed by atoms with E-state index in [0.717, 1.165) is 5.56 Å². The molecule has 2 aromatic carbocycles. The Hall–Kier alpha value is -2.14. The fraction of sp³-hybridized carbons (Fsp3) is 0.125. The second-order valence-electron chi connectivity index (χ2n) is 5.04. The van der Waals surface area contributed by atoms with Crippen LogP contribution in [0.1, 0.15) is 21.5 Å². The molecule has 0 aliphatic carbocycles. The summed E-state index contributed by atoms with van der Waals surface area (Å²) in [6, 6.07) is 11.3. The van der Waals surface area contributed by atoms with E-state index in [1.165, 1.54) is 5.56 Å². The zero-order chi connectivity index (χ0) is 15.0. The highest BCUT2D eigenvalue weighted by atomic mass is 79.9. The van der Waals surface area contributed by atoms with Crippen LogP contribution in [0.4, 0.5) is 0 Å². The molecule has 0 saturated carbocycles. The maximum absolute atomic E-state index is 12.4. The lowest BCUT2D eigenvalue weighted by Crippen LogP contribution is -2.04. The molecule has 0 atom stereocenters. The van der Waals surface area contributed by atoms with Crippen LogP contribution in [0, 0.1) is 6.92 Å². The number of Topliss-reactive ketones (excluding diaryl/α,β-unsaturated/α-hetero) is 1. The number of carbonyl (C=O) groups is 1. The van der Waals surface area contributed by atoms with Crippen molar-refractivity contribution in [2.24, 2.45) is 0 Å². The summed E-state index contributed by atoms with van der Waals surface area (Å²) in [5.41, 5.74) is 3.74. The van der Waals surface area contributed by atoms with Gasteiger partial charge in [-0.2, -0.15) is 0 Å². The first-order valence-corrected chi connectivity index (χ1v) is 7.32. The van der Waals surface area contributed by atoms with Crippen molar-refractivity contribution in [3.63, 3.8) is 0 Å². The van der Waals surface area contributed by atoms with Gasteiger partial charge in [0.15, 0.2) is 5.78 Å². The van der Waals surface area contributed by atoms with Crippen LogP contribution in [0.2, 0.25) is 0 Å². The van der Waals surface area contributed by atoms with E-state index in [2.05, 4.69) is 25.9 Å². The van der Waals surface area contributed by atoms with Gasteiger partial charge in [0, 0.05) is 16.5 Å². The van der Waals surface area contributed by atoms with Crippen LogP contribution in [0.25, 0.3) is 11.0 Å². The lowest BCUT2D eigenvalue weighted by Gasteiger charge is -2.05. The summed E-state index contributed by atoms with van der Waals surface area (Å²) in [5, 5.41) is 0. The zero-order valence-corrected chi connectivity index (χ0v) is 13.0. The molecule has 0 radical (unpaired) electrons. The van der Waals surface area contributed by atoms with Gasteiger partial charge in [-0.15, -0.1) is 0 Å². The highest BCUT2D eigenvalue weighted by Crippen LogP contribution is 2.23. The Bertz CT molecular complexity index is 875. The number of hydrogen-bond donors (Lipinski definition) is 2. The van der Waals surface area contributed by atoms with E-state index in [9.17, 15) is 9.59 Å². The first-order chi connectivity index (χ1) is 10.0. The minimum absolute atomic E-state index is 0.00896. The molecule has 0 amide bonds. The average Bonchev–Trinajstić information content (AvgIpc) is 2.79. The molecule has 106 valence electrons. The van der Waals surface area contributed by atoms with Crippen molar-refractivity contribution in [3.8, 4) is 0 Å². The third-order valence-electron chi connectivity index (χ3n) is 3.39. The number of benzene rings is 2. The van der Waals surface area contributed by atoms with Crippen molar-refractivity contribution in [1.29, 1.82) is 0 Å². The van der Waals surface area contributed by atoms with Crippen LogP contribution in [0.3, 0.4) is 0 Å². The number of rotatable bonds is 3. The molecule has 1 aromatic heterocycles. The molecule has 3 aromatic rings. The van der Waals surface area contributed by atoms with Crippen molar-refractivity contribution in [1.82, 2.24) is 9.97 Å². The van der Waals surface area contributed by atoms with Gasteiger partial charge in [0.1, 0.15) is 0 Å². The number of fused-ring (bicyclic) bond motifs is 1. The number of imidazole rings is 1. The summed E-state index contributed by atoms with van der Waals surface area (Å²) in [6.45, 7) is 2.01. The van der Waals surface area contributed by atoms with Gasteiger partial charge >= 0.3 is 5.69 Å². The second-order valence-corrected chi connectivity index (χ2v) is 5.90. The Kier molecular flexibility index (Phi) is 3.51. The molecule has 1 heterocycles. The van der Waals surface area contributed by atoms with Gasteiger partial charge in [0.2, 0.25) is 0 Å². The summed E-state index contributed by atoms with van der Waals surface area (Å²) in [7, 11) is 0. The summed E-state index contributed by atoms with van der Waals surface area (Å²) < 4.78 is 0.683. The Labute approximate surface area is 129 Å². The largest absolute Gasteiger partial charge is 0.323 e. The molecule has 0 aliphatic heterocycles. The van der Waals surface area contributed by atoms with Crippen molar-refractivity contribution >= 4 is 32.7 Å². The number of nitrogens with one attached hydrogen (secondary N) is 2. The molecule has 21 heavy (non-hydrogen) atoms. The summed E-state index contributed by atoms with van der Waals surface area (Å²) in [6.07, 6.45) is 0.332. The molecule has 0 saturated heterocycles. The summed E-state index contributed by atoms with van der Waals surface area (Å²) in [5.74, 6) is 0.00896. The number of H-pyrrole nitrogens is 2. The van der Waals surface area contributed by atoms with Crippen LogP contribution in [-0.2, 0) is 6.42 Å². The Morgan fingerprint density at radius 2 is 1.71 bits per heavy atom. The number of carbonyl (C=O) groups excluding carboxylic acids is 1. The van der Waals surface area contributed by atoms with Crippen LogP contribution >= 0.6 is 15.9 Å². The van der Waals surface area contributed by atoms with E-state index in [0.29, 0.717) is 27.5 Å². The van der Waals surface area contributed by atoms with Crippen molar-refractivity contribution in [3.05, 3.63) is 68.0 Å². The Morgan fingerprint density at radius 3 is 2.38 bits per heavy atom. The number of hydrogen-bond acceptors (Lipinski definition) is 2. The van der Waals surface area contributed by atoms with Crippen LogP contribution in [-0.4, -0.2) is 15.8 Å². The lowest BCUT2D eigenvalue weighted by atomic mass is 10.0. The van der Waals surface area contributed by atoms with Gasteiger partial charge in [-0.1, -0.05) is 29.8 Å². The standard InChI is InChI=1S/C16H13BrN2O2/c1-9-2-4-10(5-3-9)6-15(20)11-7-13-14(8-12(11)17)19-16(21)18-13/h2-5,7-8H,6H2,1H3,(H2,18,19,21). The molecule has 2 N–H and O–H groups in total. The first kappa shape index (κ1) is 13.8. The van der Waals surface area contributed by atoms with Gasteiger partial charge < -0.3 is 9.97 Å². The minimum atomic E-state index is -0.278. The molecule has 4 nitrogen and oxygen atoms in total. The van der Waals surface area contributed by atoms with Gasteiger partial charge in [-0.3, -0.25) is 4.79 Å². The molecular weight excluding hydrogens is 332 g/mol. The fourth-order valence-corrected chi connectivity index (χ4v) is 2.82. The molecule has 0 spiro atoms.